The van der Waals surface area contributed by atoms with Gasteiger partial charge in [-0.05, 0) is 44.5 Å². The van der Waals surface area contributed by atoms with Gasteiger partial charge in [0.25, 0.3) is 0 Å². The number of allylic oxidation sites excluding steroid dienone is 2. The Morgan fingerprint density at radius 3 is 3.04 bits per heavy atom. The molecular formula is C19H30N4O. The monoisotopic (exact) mass is 330 g/mol. The molecule has 2 rings (SSSR count). The first-order valence-electron chi connectivity index (χ1n) is 8.80. The molecule has 4 N–H and O–H groups in total. The molecule has 5 heteroatoms. The Morgan fingerprint density at radius 2 is 2.38 bits per heavy atom. The smallest absolute Gasteiger partial charge is 0.223 e. The fraction of sp³-hybridized carbons (Fsp3) is 0.526. The molecular weight excluding hydrogens is 300 g/mol. The minimum absolute atomic E-state index is 0.130. The van der Waals surface area contributed by atoms with E-state index in [1.807, 2.05) is 4.90 Å². The van der Waals surface area contributed by atoms with Gasteiger partial charge in [0.1, 0.15) is 0 Å². The second kappa shape index (κ2) is 8.73. The maximum Gasteiger partial charge on any atom is 0.223 e. The van der Waals surface area contributed by atoms with E-state index in [4.69, 9.17) is 5.73 Å². The first kappa shape index (κ1) is 18.3. The summed E-state index contributed by atoms with van der Waals surface area (Å²) in [6.45, 7) is 9.14. The minimum atomic E-state index is 0.130. The summed E-state index contributed by atoms with van der Waals surface area (Å²) in [5.74, 6) is 0.526. The van der Waals surface area contributed by atoms with E-state index in [-0.39, 0.29) is 5.91 Å². The Hall–Kier alpha value is -2.01. The second-order valence-electron chi connectivity index (χ2n) is 6.46. The van der Waals surface area contributed by atoms with Gasteiger partial charge >= 0.3 is 0 Å². The minimum Gasteiger partial charge on any atom is -0.398 e. The van der Waals surface area contributed by atoms with Gasteiger partial charge in [0.2, 0.25) is 5.91 Å². The highest BCUT2D eigenvalue weighted by Crippen LogP contribution is 2.36. The van der Waals surface area contributed by atoms with Gasteiger partial charge in [-0.1, -0.05) is 25.2 Å². The van der Waals surface area contributed by atoms with E-state index in [2.05, 4.69) is 36.3 Å². The van der Waals surface area contributed by atoms with Crippen molar-refractivity contribution in [3.63, 3.8) is 0 Å². The first-order chi connectivity index (χ1) is 11.6. The van der Waals surface area contributed by atoms with Crippen LogP contribution >= 0.6 is 0 Å². The van der Waals surface area contributed by atoms with Crippen molar-refractivity contribution in [2.45, 2.75) is 45.6 Å². The van der Waals surface area contributed by atoms with Crippen LogP contribution in [0.2, 0.25) is 0 Å². The van der Waals surface area contributed by atoms with Crippen molar-refractivity contribution in [2.75, 3.05) is 13.1 Å². The normalized spacial score (nSPS) is 25.7. The number of hydrogen-bond acceptors (Lipinski definition) is 4. The maximum atomic E-state index is 12.0. The average molecular weight is 330 g/mol. The lowest BCUT2D eigenvalue weighted by molar-refractivity contribution is -0.127. The van der Waals surface area contributed by atoms with Crippen LogP contribution < -0.4 is 16.4 Å². The van der Waals surface area contributed by atoms with Crippen molar-refractivity contribution in [1.29, 1.82) is 0 Å². The number of rotatable bonds is 6. The van der Waals surface area contributed by atoms with Crippen LogP contribution in [0.15, 0.2) is 48.1 Å². The van der Waals surface area contributed by atoms with E-state index in [0.717, 1.165) is 44.5 Å². The van der Waals surface area contributed by atoms with E-state index in [1.54, 1.807) is 19.3 Å². The van der Waals surface area contributed by atoms with E-state index in [0.29, 0.717) is 17.7 Å². The van der Waals surface area contributed by atoms with Gasteiger partial charge in [0.05, 0.1) is 0 Å². The molecule has 1 aliphatic carbocycles. The molecule has 0 spiro atoms. The molecule has 2 atom stereocenters. The average Bonchev–Trinajstić information content (AvgIpc) is 2.57. The molecule has 0 aromatic rings. The predicted octanol–water partition coefficient (Wildman–Crippen LogP) is 2.36. The van der Waals surface area contributed by atoms with Gasteiger partial charge in [-0.2, -0.15) is 0 Å². The highest BCUT2D eigenvalue weighted by atomic mass is 16.2. The molecule has 24 heavy (non-hydrogen) atoms. The number of carbonyl (C=O) groups excluding carboxylic acids is 1. The zero-order valence-electron chi connectivity index (χ0n) is 14.8. The molecule has 0 bridgehead atoms. The predicted molar refractivity (Wildman–Crippen MR) is 98.6 cm³/mol. The van der Waals surface area contributed by atoms with Crippen molar-refractivity contribution in [3.8, 4) is 0 Å². The van der Waals surface area contributed by atoms with Crippen LogP contribution in [0.5, 0.6) is 0 Å². The lowest BCUT2D eigenvalue weighted by atomic mass is 9.77. The molecule has 5 nitrogen and oxygen atoms in total. The number of nitrogens with one attached hydrogen (secondary N) is 2. The van der Waals surface area contributed by atoms with Gasteiger partial charge in [0.15, 0.2) is 0 Å². The Bertz CT molecular complexity index is 562. The zero-order chi connectivity index (χ0) is 17.5. The van der Waals surface area contributed by atoms with Gasteiger partial charge in [-0.3, -0.25) is 4.79 Å². The number of nitrogens with zero attached hydrogens (tertiary/aromatic N) is 1. The molecule has 0 radical (unpaired) electrons. The molecule has 1 heterocycles. The van der Waals surface area contributed by atoms with Crippen LogP contribution in [0.25, 0.3) is 0 Å². The van der Waals surface area contributed by atoms with Crippen molar-refractivity contribution < 1.29 is 4.79 Å². The van der Waals surface area contributed by atoms with Crippen molar-refractivity contribution in [2.24, 2.45) is 11.7 Å². The van der Waals surface area contributed by atoms with Crippen LogP contribution in [0.1, 0.15) is 39.5 Å². The largest absolute Gasteiger partial charge is 0.398 e. The summed E-state index contributed by atoms with van der Waals surface area (Å²) >= 11 is 0. The molecule has 0 saturated carbocycles. The summed E-state index contributed by atoms with van der Waals surface area (Å²) in [5, 5.41) is 6.53. The number of amides is 1. The van der Waals surface area contributed by atoms with Crippen LogP contribution in [0.3, 0.4) is 0 Å². The van der Waals surface area contributed by atoms with Gasteiger partial charge < -0.3 is 21.3 Å². The summed E-state index contributed by atoms with van der Waals surface area (Å²) in [5.41, 5.74) is 9.31. The number of hydrogen-bond donors (Lipinski definition) is 3. The third-order valence-corrected chi connectivity index (χ3v) is 4.71. The third kappa shape index (κ3) is 4.51. The fourth-order valence-electron chi connectivity index (χ4n) is 3.62. The molecule has 0 aromatic heterocycles. The highest BCUT2D eigenvalue weighted by Gasteiger charge is 2.33. The van der Waals surface area contributed by atoms with Crippen molar-refractivity contribution in [3.05, 3.63) is 48.1 Å². The molecule has 2 unspecified atom stereocenters. The number of nitrogens with two attached hydrogens (primary N) is 1. The molecule has 1 amide bonds. The number of carbonyl (C=O) groups is 1. The quantitative estimate of drug-likeness (QED) is 0.699. The first-order valence-corrected chi connectivity index (χ1v) is 8.80. The zero-order valence-corrected chi connectivity index (χ0v) is 14.8. The third-order valence-electron chi connectivity index (χ3n) is 4.71. The maximum absolute atomic E-state index is 12.0. The van der Waals surface area contributed by atoms with E-state index in [1.165, 1.54) is 5.57 Å². The summed E-state index contributed by atoms with van der Waals surface area (Å²) < 4.78 is 0. The van der Waals surface area contributed by atoms with Crippen LogP contribution in [0, 0.1) is 5.92 Å². The summed E-state index contributed by atoms with van der Waals surface area (Å²) in [6, 6.07) is 0.435. The number of piperidine rings is 1. The van der Waals surface area contributed by atoms with Crippen molar-refractivity contribution >= 4 is 5.91 Å². The van der Waals surface area contributed by atoms with Crippen molar-refractivity contribution in [1.82, 2.24) is 15.5 Å². The topological polar surface area (TPSA) is 70.4 Å². The van der Waals surface area contributed by atoms with E-state index in [9.17, 15) is 4.79 Å². The molecule has 1 fully saturated rings. The summed E-state index contributed by atoms with van der Waals surface area (Å²) in [4.78, 5) is 13.9. The van der Waals surface area contributed by atoms with Crippen LogP contribution in [-0.2, 0) is 4.79 Å². The van der Waals surface area contributed by atoms with E-state index < -0.39 is 0 Å². The molecule has 0 aromatic carbocycles. The highest BCUT2D eigenvalue weighted by molar-refractivity contribution is 5.75. The van der Waals surface area contributed by atoms with E-state index >= 15 is 0 Å². The lowest BCUT2D eigenvalue weighted by Crippen LogP contribution is -2.45. The lowest BCUT2D eigenvalue weighted by Gasteiger charge is -2.40. The Morgan fingerprint density at radius 1 is 1.58 bits per heavy atom. The molecule has 2 aliphatic rings. The summed E-state index contributed by atoms with van der Waals surface area (Å²) in [7, 11) is 0. The van der Waals surface area contributed by atoms with Gasteiger partial charge in [-0.25, -0.2) is 0 Å². The summed E-state index contributed by atoms with van der Waals surface area (Å²) in [6.07, 6.45) is 11.5. The second-order valence-corrected chi connectivity index (χ2v) is 6.46. The Labute approximate surface area is 145 Å². The standard InChI is InChI=1S/C19H30N4O/c1-4-10-23(14(3)24)17-6-7-19-18(12-17)15(8-9-22-19)11-16(20)13-21-5-2/h5-6,11,13,18-19,21-22H,2,4,7-10,12,20H2,1,3H3/b15-11+,16-13-. The number of fused-ring (bicyclic) bond motifs is 1. The Kier molecular flexibility index (Phi) is 6.67. The van der Waals surface area contributed by atoms with Gasteiger partial charge in [0, 0.05) is 43.0 Å². The molecule has 1 saturated heterocycles. The van der Waals surface area contributed by atoms with Crippen LogP contribution in [-0.4, -0.2) is 29.9 Å². The molecule has 1 aliphatic heterocycles. The van der Waals surface area contributed by atoms with Crippen LogP contribution in [0.4, 0.5) is 0 Å². The SMILES string of the molecule is C=CN/C=C(N)/C=C1\CCNC2CC=C(N(CCC)C(C)=O)CC12. The Balaban J connectivity index is 2.19. The molecule has 132 valence electrons. The van der Waals surface area contributed by atoms with Gasteiger partial charge in [-0.15, -0.1) is 0 Å². The fourth-order valence-corrected chi connectivity index (χ4v) is 3.62.